The molecular formula is C20H20N8O. The number of aromatic amines is 1. The van der Waals surface area contributed by atoms with E-state index in [1.54, 1.807) is 18.6 Å². The second kappa shape index (κ2) is 7.14. The summed E-state index contributed by atoms with van der Waals surface area (Å²) in [5, 5.41) is 20.1. The Balaban J connectivity index is 1.51. The maximum Gasteiger partial charge on any atom is 0.222 e. The summed E-state index contributed by atoms with van der Waals surface area (Å²) >= 11 is 0. The predicted molar refractivity (Wildman–Crippen MR) is 107 cm³/mol. The van der Waals surface area contributed by atoms with E-state index in [9.17, 15) is 5.26 Å². The smallest absolute Gasteiger partial charge is 0.222 e. The summed E-state index contributed by atoms with van der Waals surface area (Å²) < 4.78 is 5.61. The fraction of sp³-hybridized carbons (Fsp3) is 0.350. The van der Waals surface area contributed by atoms with E-state index in [1.165, 1.54) is 0 Å². The van der Waals surface area contributed by atoms with Crippen molar-refractivity contribution in [2.24, 2.45) is 0 Å². The van der Waals surface area contributed by atoms with Crippen LogP contribution in [0.2, 0.25) is 0 Å². The molecule has 9 nitrogen and oxygen atoms in total. The number of hydrogen-bond acceptors (Lipinski definition) is 8. The first-order valence-electron chi connectivity index (χ1n) is 9.67. The molecule has 0 radical (unpaired) electrons. The summed E-state index contributed by atoms with van der Waals surface area (Å²) in [6.45, 7) is 1.50. The third-order valence-corrected chi connectivity index (χ3v) is 5.49. The highest BCUT2D eigenvalue weighted by Gasteiger charge is 2.26. The molecule has 1 aliphatic carbocycles. The Morgan fingerprint density at radius 2 is 2.14 bits per heavy atom. The molecular weight excluding hydrogens is 368 g/mol. The van der Waals surface area contributed by atoms with Crippen molar-refractivity contribution >= 4 is 11.8 Å². The van der Waals surface area contributed by atoms with Gasteiger partial charge < -0.3 is 15.8 Å². The van der Waals surface area contributed by atoms with E-state index < -0.39 is 0 Å². The first-order chi connectivity index (χ1) is 14.2. The summed E-state index contributed by atoms with van der Waals surface area (Å²) in [5.41, 5.74) is 11.7. The van der Waals surface area contributed by atoms with Gasteiger partial charge in [-0.05, 0) is 31.2 Å². The van der Waals surface area contributed by atoms with Gasteiger partial charge in [0, 0.05) is 47.9 Å². The van der Waals surface area contributed by atoms with E-state index in [4.69, 9.17) is 10.5 Å². The van der Waals surface area contributed by atoms with E-state index >= 15 is 0 Å². The Kier molecular flexibility index (Phi) is 4.33. The maximum absolute atomic E-state index is 9.72. The molecule has 4 N–H and O–H groups in total. The van der Waals surface area contributed by atoms with Gasteiger partial charge in [0.25, 0.3) is 0 Å². The number of ether oxygens (including phenoxy) is 1. The van der Waals surface area contributed by atoms with Crippen LogP contribution in [0.15, 0.2) is 18.6 Å². The van der Waals surface area contributed by atoms with E-state index in [1.807, 2.05) is 0 Å². The van der Waals surface area contributed by atoms with Crippen LogP contribution in [0.4, 0.5) is 11.8 Å². The molecule has 0 bridgehead atoms. The molecule has 0 aromatic carbocycles. The monoisotopic (exact) mass is 388 g/mol. The highest BCUT2D eigenvalue weighted by Crippen LogP contribution is 2.40. The lowest BCUT2D eigenvalue weighted by molar-refractivity contribution is 0.120. The number of nitrogen functional groups attached to an aromatic ring is 1. The molecule has 5 rings (SSSR count). The van der Waals surface area contributed by atoms with Gasteiger partial charge in [0.2, 0.25) is 5.95 Å². The summed E-state index contributed by atoms with van der Waals surface area (Å²) in [5.74, 6) is 0.742. The molecule has 1 atom stereocenters. The Labute approximate surface area is 167 Å². The normalized spacial score (nSPS) is 17.4. The number of pyridine rings is 1. The highest BCUT2D eigenvalue weighted by molar-refractivity contribution is 5.85. The van der Waals surface area contributed by atoms with Crippen LogP contribution in [0.3, 0.4) is 0 Å². The maximum atomic E-state index is 9.72. The molecule has 2 aliphatic rings. The van der Waals surface area contributed by atoms with Gasteiger partial charge in [-0.1, -0.05) is 0 Å². The number of nitriles is 1. The van der Waals surface area contributed by atoms with Crippen LogP contribution in [0, 0.1) is 11.3 Å². The van der Waals surface area contributed by atoms with Crippen molar-refractivity contribution in [2.45, 2.75) is 31.8 Å². The standard InChI is InChI=1S/C20H20N8O/c21-6-14-17(11-7-23-20(24-8-11)25-9-12-2-1-5-29-12)13-3-4-16-15(10-26-28-16)18(13)27-19(14)22/h7-8,10,12H,1-5,9H2,(H2,22,27)(H,26,28)(H,23,24,25). The number of fused-ring (bicyclic) bond motifs is 3. The zero-order valence-corrected chi connectivity index (χ0v) is 15.8. The fourth-order valence-electron chi connectivity index (χ4n) is 4.06. The Morgan fingerprint density at radius 1 is 1.28 bits per heavy atom. The van der Waals surface area contributed by atoms with Gasteiger partial charge in [-0.25, -0.2) is 15.0 Å². The predicted octanol–water partition coefficient (Wildman–Crippen LogP) is 2.07. The van der Waals surface area contributed by atoms with Crippen molar-refractivity contribution in [2.75, 3.05) is 24.2 Å². The third kappa shape index (κ3) is 3.07. The van der Waals surface area contributed by atoms with Crippen molar-refractivity contribution in [3.63, 3.8) is 0 Å². The van der Waals surface area contributed by atoms with Gasteiger partial charge in [-0.3, -0.25) is 5.10 Å². The van der Waals surface area contributed by atoms with Crippen molar-refractivity contribution in [3.05, 3.63) is 35.4 Å². The van der Waals surface area contributed by atoms with Gasteiger partial charge in [-0.2, -0.15) is 10.4 Å². The van der Waals surface area contributed by atoms with Gasteiger partial charge in [0.1, 0.15) is 17.5 Å². The zero-order valence-electron chi connectivity index (χ0n) is 15.8. The molecule has 3 aromatic rings. The van der Waals surface area contributed by atoms with Crippen LogP contribution < -0.4 is 11.1 Å². The Hall–Kier alpha value is -3.51. The zero-order chi connectivity index (χ0) is 19.8. The average Bonchev–Trinajstić information content (AvgIpc) is 3.43. The molecule has 0 amide bonds. The number of nitrogens with two attached hydrogens (primary N) is 1. The number of anilines is 2. The average molecular weight is 388 g/mol. The summed E-state index contributed by atoms with van der Waals surface area (Å²) in [6, 6.07) is 2.21. The minimum atomic E-state index is 0.205. The van der Waals surface area contributed by atoms with Crippen LogP contribution >= 0.6 is 0 Å². The number of nitrogens with one attached hydrogen (secondary N) is 2. The largest absolute Gasteiger partial charge is 0.383 e. The van der Waals surface area contributed by atoms with Crippen LogP contribution in [-0.4, -0.2) is 44.4 Å². The van der Waals surface area contributed by atoms with Crippen LogP contribution in [0.25, 0.3) is 22.4 Å². The SMILES string of the molecule is N#Cc1c(N)nc2c(c1-c1cnc(NCC3CCCO3)nc1)CCc1[nH]ncc1-2. The molecule has 1 saturated heterocycles. The molecule has 146 valence electrons. The minimum Gasteiger partial charge on any atom is -0.383 e. The van der Waals surface area contributed by atoms with Crippen LogP contribution in [-0.2, 0) is 17.6 Å². The summed E-state index contributed by atoms with van der Waals surface area (Å²) in [7, 11) is 0. The lowest BCUT2D eigenvalue weighted by Crippen LogP contribution is -2.19. The Morgan fingerprint density at radius 3 is 2.90 bits per heavy atom. The van der Waals surface area contributed by atoms with E-state index in [-0.39, 0.29) is 11.9 Å². The van der Waals surface area contributed by atoms with Crippen molar-refractivity contribution in [3.8, 4) is 28.5 Å². The third-order valence-electron chi connectivity index (χ3n) is 5.49. The topological polar surface area (TPSA) is 138 Å². The van der Waals surface area contributed by atoms with Crippen LogP contribution in [0.5, 0.6) is 0 Å². The van der Waals surface area contributed by atoms with Crippen molar-refractivity contribution in [1.82, 2.24) is 25.1 Å². The molecule has 4 heterocycles. The molecule has 1 aliphatic heterocycles. The summed E-state index contributed by atoms with van der Waals surface area (Å²) in [4.78, 5) is 13.4. The van der Waals surface area contributed by atoms with Gasteiger partial charge >= 0.3 is 0 Å². The lowest BCUT2D eigenvalue weighted by Gasteiger charge is -2.20. The number of aryl methyl sites for hydroxylation is 1. The number of rotatable bonds is 4. The van der Waals surface area contributed by atoms with Gasteiger partial charge in [-0.15, -0.1) is 0 Å². The fourth-order valence-corrected chi connectivity index (χ4v) is 4.06. The highest BCUT2D eigenvalue weighted by atomic mass is 16.5. The van der Waals surface area contributed by atoms with Gasteiger partial charge in [0.05, 0.1) is 18.0 Å². The molecule has 0 saturated carbocycles. The molecule has 29 heavy (non-hydrogen) atoms. The lowest BCUT2D eigenvalue weighted by atomic mass is 9.86. The number of nitrogens with zero attached hydrogens (tertiary/aromatic N) is 5. The summed E-state index contributed by atoms with van der Waals surface area (Å²) in [6.07, 6.45) is 9.10. The molecule has 9 heteroatoms. The molecule has 3 aromatic heterocycles. The van der Waals surface area contributed by atoms with E-state index in [2.05, 4.69) is 36.5 Å². The molecule has 0 spiro atoms. The van der Waals surface area contributed by atoms with Crippen molar-refractivity contribution in [1.29, 1.82) is 5.26 Å². The van der Waals surface area contributed by atoms with Gasteiger partial charge in [0.15, 0.2) is 0 Å². The second-order valence-corrected chi connectivity index (χ2v) is 7.26. The first kappa shape index (κ1) is 17.6. The first-order valence-corrected chi connectivity index (χ1v) is 9.67. The number of hydrogen-bond donors (Lipinski definition) is 3. The molecule has 1 fully saturated rings. The van der Waals surface area contributed by atoms with Crippen molar-refractivity contribution < 1.29 is 4.74 Å². The number of H-pyrrole nitrogens is 1. The van der Waals surface area contributed by atoms with Crippen LogP contribution in [0.1, 0.15) is 29.7 Å². The number of aromatic nitrogens is 5. The second-order valence-electron chi connectivity index (χ2n) is 7.26. The van der Waals surface area contributed by atoms with E-state index in [0.717, 1.165) is 65.9 Å². The minimum absolute atomic E-state index is 0.205. The Bertz CT molecular complexity index is 1090. The van der Waals surface area contributed by atoms with E-state index in [0.29, 0.717) is 18.1 Å². The quantitative estimate of drug-likeness (QED) is 0.617. The molecule has 1 unspecified atom stereocenters.